The van der Waals surface area contributed by atoms with E-state index in [1.165, 1.54) is 12.1 Å². The third-order valence-electron chi connectivity index (χ3n) is 4.53. The molecule has 3 aromatic rings. The van der Waals surface area contributed by atoms with Crippen molar-refractivity contribution in [3.8, 4) is 5.75 Å². The Bertz CT molecular complexity index is 894. The summed E-state index contributed by atoms with van der Waals surface area (Å²) in [6.45, 7) is 2.64. The number of carbonyl (C=O) groups is 1. The van der Waals surface area contributed by atoms with Crippen LogP contribution >= 0.6 is 0 Å². The predicted octanol–water partition coefficient (Wildman–Crippen LogP) is 5.76. The Balaban J connectivity index is 1.60. The van der Waals surface area contributed by atoms with E-state index in [2.05, 4.69) is 0 Å². The molecule has 28 heavy (non-hydrogen) atoms. The number of ether oxygens (including phenoxy) is 2. The summed E-state index contributed by atoms with van der Waals surface area (Å²) < 4.78 is 25.1. The van der Waals surface area contributed by atoms with Gasteiger partial charge in [-0.05, 0) is 53.8 Å². The van der Waals surface area contributed by atoms with Crippen molar-refractivity contribution in [3.05, 3.63) is 101 Å². The van der Waals surface area contributed by atoms with Crippen LogP contribution in [0.15, 0.2) is 78.9 Å². The van der Waals surface area contributed by atoms with E-state index in [0.717, 1.165) is 11.1 Å². The molecule has 1 atom stereocenters. The van der Waals surface area contributed by atoms with E-state index < -0.39 is 0 Å². The molecule has 0 saturated carbocycles. The molecule has 1 unspecified atom stereocenters. The second kappa shape index (κ2) is 9.70. The summed E-state index contributed by atoms with van der Waals surface area (Å²) in [7, 11) is 0. The lowest BCUT2D eigenvalue weighted by molar-refractivity contribution is 0.0494. The van der Waals surface area contributed by atoms with Crippen LogP contribution in [0, 0.1) is 5.82 Å². The molecule has 0 fully saturated rings. The lowest BCUT2D eigenvalue weighted by atomic mass is 9.97. The van der Waals surface area contributed by atoms with Crippen LogP contribution in [0.5, 0.6) is 5.75 Å². The number of hydrogen-bond donors (Lipinski definition) is 0. The van der Waals surface area contributed by atoms with Gasteiger partial charge in [-0.25, -0.2) is 9.18 Å². The highest BCUT2D eigenvalue weighted by Crippen LogP contribution is 2.30. The Labute approximate surface area is 164 Å². The van der Waals surface area contributed by atoms with Crippen LogP contribution in [0.4, 0.5) is 4.39 Å². The van der Waals surface area contributed by atoms with Gasteiger partial charge in [0.05, 0.1) is 12.2 Å². The first kappa shape index (κ1) is 19.6. The van der Waals surface area contributed by atoms with Crippen molar-refractivity contribution in [2.75, 3.05) is 6.61 Å². The fourth-order valence-electron chi connectivity index (χ4n) is 2.91. The molecular weight excluding hydrogens is 355 g/mol. The largest absolute Gasteiger partial charge is 0.489 e. The van der Waals surface area contributed by atoms with E-state index in [0.29, 0.717) is 24.3 Å². The molecule has 144 valence electrons. The van der Waals surface area contributed by atoms with Crippen molar-refractivity contribution in [2.45, 2.75) is 25.9 Å². The van der Waals surface area contributed by atoms with Gasteiger partial charge < -0.3 is 9.47 Å². The number of halogens is 1. The summed E-state index contributed by atoms with van der Waals surface area (Å²) in [4.78, 5) is 12.0. The van der Waals surface area contributed by atoms with E-state index in [-0.39, 0.29) is 24.3 Å². The first-order chi connectivity index (χ1) is 13.6. The monoisotopic (exact) mass is 378 g/mol. The van der Waals surface area contributed by atoms with Crippen molar-refractivity contribution in [3.63, 3.8) is 0 Å². The molecule has 0 bridgehead atoms. The molecule has 3 nitrogen and oxygen atoms in total. The summed E-state index contributed by atoms with van der Waals surface area (Å²) in [6, 6.07) is 23.2. The fourth-order valence-corrected chi connectivity index (χ4v) is 2.91. The van der Waals surface area contributed by atoms with Crippen molar-refractivity contribution in [1.82, 2.24) is 0 Å². The molecule has 4 heteroatoms. The second-order valence-corrected chi connectivity index (χ2v) is 6.65. The van der Waals surface area contributed by atoms with Gasteiger partial charge in [0.15, 0.2) is 0 Å². The quantitative estimate of drug-likeness (QED) is 0.468. The summed E-state index contributed by atoms with van der Waals surface area (Å²) in [5, 5.41) is 0. The van der Waals surface area contributed by atoms with Gasteiger partial charge in [-0.1, -0.05) is 55.5 Å². The highest BCUT2D eigenvalue weighted by molar-refractivity contribution is 5.89. The Morgan fingerprint density at radius 3 is 2.36 bits per heavy atom. The van der Waals surface area contributed by atoms with E-state index >= 15 is 0 Å². The second-order valence-electron chi connectivity index (χ2n) is 6.65. The summed E-state index contributed by atoms with van der Waals surface area (Å²) >= 11 is 0. The average Bonchev–Trinajstić information content (AvgIpc) is 2.74. The standard InChI is InChI=1S/C24H23FO3/c1-18(14-15-27-24(26)20-10-6-3-7-11-20)22-16-21(25)12-13-23(22)28-17-19-8-4-2-5-9-19/h2-13,16,18H,14-15,17H2,1H3. The van der Waals surface area contributed by atoms with Gasteiger partial charge >= 0.3 is 5.97 Å². The average molecular weight is 378 g/mol. The van der Waals surface area contributed by atoms with Crippen LogP contribution in [0.3, 0.4) is 0 Å². The van der Waals surface area contributed by atoms with E-state index in [1.807, 2.05) is 43.3 Å². The zero-order valence-corrected chi connectivity index (χ0v) is 15.8. The molecule has 0 N–H and O–H groups in total. The Kier molecular flexibility index (Phi) is 6.79. The maximum absolute atomic E-state index is 13.8. The van der Waals surface area contributed by atoms with Crippen molar-refractivity contribution in [2.24, 2.45) is 0 Å². The van der Waals surface area contributed by atoms with Gasteiger partial charge in [-0.3, -0.25) is 0 Å². The molecular formula is C24H23FO3. The van der Waals surface area contributed by atoms with E-state index in [9.17, 15) is 9.18 Å². The number of carbonyl (C=O) groups excluding carboxylic acids is 1. The van der Waals surface area contributed by atoms with Crippen molar-refractivity contribution < 1.29 is 18.7 Å². The van der Waals surface area contributed by atoms with Crippen LogP contribution in [0.2, 0.25) is 0 Å². The minimum absolute atomic E-state index is 0.0231. The van der Waals surface area contributed by atoms with Crippen LogP contribution in [0.25, 0.3) is 0 Å². The molecule has 3 aromatic carbocycles. The van der Waals surface area contributed by atoms with E-state index in [4.69, 9.17) is 9.47 Å². The van der Waals surface area contributed by atoms with Crippen LogP contribution in [0.1, 0.15) is 40.7 Å². The van der Waals surface area contributed by atoms with Crippen molar-refractivity contribution >= 4 is 5.97 Å². The first-order valence-corrected chi connectivity index (χ1v) is 9.32. The smallest absolute Gasteiger partial charge is 0.338 e. The molecule has 0 aliphatic carbocycles. The van der Waals surface area contributed by atoms with Gasteiger partial charge in [0.2, 0.25) is 0 Å². The zero-order valence-electron chi connectivity index (χ0n) is 15.8. The van der Waals surface area contributed by atoms with Gasteiger partial charge in [-0.2, -0.15) is 0 Å². The minimum atomic E-state index is -0.354. The molecule has 0 heterocycles. The highest BCUT2D eigenvalue weighted by atomic mass is 19.1. The maximum atomic E-state index is 13.8. The molecule has 0 amide bonds. The predicted molar refractivity (Wildman–Crippen MR) is 107 cm³/mol. The van der Waals surface area contributed by atoms with E-state index in [1.54, 1.807) is 30.3 Å². The highest BCUT2D eigenvalue weighted by Gasteiger charge is 2.15. The molecule has 0 saturated heterocycles. The number of benzene rings is 3. The SMILES string of the molecule is CC(CCOC(=O)c1ccccc1)c1cc(F)ccc1OCc1ccccc1. The number of hydrogen-bond acceptors (Lipinski definition) is 3. The molecule has 0 aliphatic heterocycles. The first-order valence-electron chi connectivity index (χ1n) is 9.32. The lowest BCUT2D eigenvalue weighted by Crippen LogP contribution is -2.09. The Hall–Kier alpha value is -3.14. The Morgan fingerprint density at radius 2 is 1.64 bits per heavy atom. The molecule has 3 rings (SSSR count). The van der Waals surface area contributed by atoms with Gasteiger partial charge in [0.25, 0.3) is 0 Å². The van der Waals surface area contributed by atoms with Crippen molar-refractivity contribution in [1.29, 1.82) is 0 Å². The Morgan fingerprint density at radius 1 is 0.964 bits per heavy atom. The maximum Gasteiger partial charge on any atom is 0.338 e. The van der Waals surface area contributed by atoms with Gasteiger partial charge in [0.1, 0.15) is 18.2 Å². The normalized spacial score (nSPS) is 11.6. The number of rotatable bonds is 8. The lowest BCUT2D eigenvalue weighted by Gasteiger charge is -2.17. The summed E-state index contributed by atoms with van der Waals surface area (Å²) in [5.74, 6) is -0.0417. The fraction of sp³-hybridized carbons (Fsp3) is 0.208. The third kappa shape index (κ3) is 5.43. The molecule has 0 radical (unpaired) electrons. The van der Waals surface area contributed by atoms with Crippen LogP contribution in [-0.2, 0) is 11.3 Å². The minimum Gasteiger partial charge on any atom is -0.489 e. The zero-order chi connectivity index (χ0) is 19.8. The van der Waals surface area contributed by atoms with Crippen LogP contribution in [-0.4, -0.2) is 12.6 Å². The summed E-state index contributed by atoms with van der Waals surface area (Å²) in [6.07, 6.45) is 0.573. The number of esters is 1. The molecule has 0 aliphatic rings. The molecule has 0 aromatic heterocycles. The third-order valence-corrected chi connectivity index (χ3v) is 4.53. The van der Waals surface area contributed by atoms with Crippen LogP contribution < -0.4 is 4.74 Å². The summed E-state index contributed by atoms with van der Waals surface area (Å²) in [5.41, 5.74) is 2.33. The van der Waals surface area contributed by atoms with Gasteiger partial charge in [0, 0.05) is 0 Å². The van der Waals surface area contributed by atoms with Gasteiger partial charge in [-0.15, -0.1) is 0 Å². The molecule has 0 spiro atoms. The topological polar surface area (TPSA) is 35.5 Å².